The third-order valence-corrected chi connectivity index (χ3v) is 5.41. The van der Waals surface area contributed by atoms with Crippen molar-refractivity contribution in [1.29, 1.82) is 0 Å². The topological polar surface area (TPSA) is 51.5 Å². The second kappa shape index (κ2) is 7.64. The Bertz CT molecular complexity index is 917. The molecule has 1 aliphatic heterocycles. The number of fused-ring (bicyclic) bond motifs is 1. The predicted octanol–water partition coefficient (Wildman–Crippen LogP) is 3.98. The van der Waals surface area contributed by atoms with Crippen molar-refractivity contribution in [2.75, 3.05) is 25.1 Å². The lowest BCUT2D eigenvalue weighted by Crippen LogP contribution is -2.40. The first-order chi connectivity index (χ1) is 13.2. The Kier molecular flexibility index (Phi) is 5.07. The highest BCUT2D eigenvalue weighted by Gasteiger charge is 2.34. The van der Waals surface area contributed by atoms with Crippen molar-refractivity contribution in [3.05, 3.63) is 59.7 Å². The molecule has 1 aromatic carbocycles. The molecule has 0 bridgehead atoms. The number of aryl methyl sites for hydroxylation is 1. The number of benzene rings is 1. The van der Waals surface area contributed by atoms with Gasteiger partial charge in [-0.15, -0.1) is 0 Å². The normalized spacial score (nSPS) is 16.5. The number of aromatic nitrogens is 3. The van der Waals surface area contributed by atoms with Crippen LogP contribution in [0.5, 0.6) is 0 Å². The highest BCUT2D eigenvalue weighted by atomic mass is 19.1. The first kappa shape index (κ1) is 17.9. The fraction of sp³-hybridized carbons (Fsp3) is 0.429. The Morgan fingerprint density at radius 1 is 1.22 bits per heavy atom. The van der Waals surface area contributed by atoms with Gasteiger partial charge in [-0.2, -0.15) is 9.61 Å². The van der Waals surface area contributed by atoms with Gasteiger partial charge >= 0.3 is 0 Å². The van der Waals surface area contributed by atoms with E-state index in [1.54, 1.807) is 18.3 Å². The van der Waals surface area contributed by atoms with Crippen LogP contribution < -0.4 is 5.32 Å². The molecule has 0 spiro atoms. The first-order valence-corrected chi connectivity index (χ1v) is 9.61. The zero-order valence-electron chi connectivity index (χ0n) is 15.6. The maximum atomic E-state index is 13.9. The minimum atomic E-state index is -0.193. The van der Waals surface area contributed by atoms with Crippen LogP contribution in [0.2, 0.25) is 0 Å². The van der Waals surface area contributed by atoms with Crippen LogP contribution in [0.25, 0.3) is 5.65 Å². The molecule has 5 nitrogen and oxygen atoms in total. The van der Waals surface area contributed by atoms with E-state index in [0.717, 1.165) is 48.4 Å². The number of hydrogen-bond donors (Lipinski definition) is 1. The van der Waals surface area contributed by atoms with E-state index >= 15 is 0 Å². The number of hydrogen-bond acceptors (Lipinski definition) is 4. The van der Waals surface area contributed by atoms with Crippen LogP contribution in [-0.4, -0.2) is 34.4 Å². The molecule has 2 aromatic heterocycles. The van der Waals surface area contributed by atoms with Gasteiger partial charge in [-0.3, -0.25) is 0 Å². The summed E-state index contributed by atoms with van der Waals surface area (Å²) in [6, 6.07) is 11.0. The van der Waals surface area contributed by atoms with E-state index in [9.17, 15) is 4.39 Å². The second-order valence-electron chi connectivity index (χ2n) is 7.24. The molecule has 0 atom stereocenters. The van der Waals surface area contributed by atoms with Gasteiger partial charge < -0.3 is 10.1 Å². The van der Waals surface area contributed by atoms with E-state index in [2.05, 4.69) is 28.4 Å². The number of anilines is 1. The van der Waals surface area contributed by atoms with Gasteiger partial charge in [0.25, 0.3) is 0 Å². The average Bonchev–Trinajstić information content (AvgIpc) is 3.16. The van der Waals surface area contributed by atoms with Gasteiger partial charge in [-0.05, 0) is 37.0 Å². The van der Waals surface area contributed by atoms with Crippen LogP contribution in [0.1, 0.15) is 37.4 Å². The summed E-state index contributed by atoms with van der Waals surface area (Å²) in [4.78, 5) is 4.66. The molecule has 4 rings (SSSR count). The third-order valence-electron chi connectivity index (χ3n) is 5.41. The van der Waals surface area contributed by atoms with Gasteiger partial charge in [-0.25, -0.2) is 9.37 Å². The quantitative estimate of drug-likeness (QED) is 0.715. The highest BCUT2D eigenvalue weighted by Crippen LogP contribution is 2.35. The molecule has 6 heteroatoms. The summed E-state index contributed by atoms with van der Waals surface area (Å²) in [7, 11) is 0. The molecule has 27 heavy (non-hydrogen) atoms. The zero-order chi connectivity index (χ0) is 18.7. The van der Waals surface area contributed by atoms with Crippen LogP contribution >= 0.6 is 0 Å². The summed E-state index contributed by atoms with van der Waals surface area (Å²) < 4.78 is 21.3. The molecule has 1 aliphatic rings. The van der Waals surface area contributed by atoms with Gasteiger partial charge in [-0.1, -0.05) is 25.5 Å². The summed E-state index contributed by atoms with van der Waals surface area (Å²) >= 11 is 0. The standard InChI is InChI=1S/C21H25FN4O/c1-2-4-18-14-20(26-19(25-18)7-10-24-26)23-15-21(8-11-27-12-9-21)16-5-3-6-17(22)13-16/h3,5-7,10,13-14,23H,2,4,8-9,11-12,15H2,1H3. The summed E-state index contributed by atoms with van der Waals surface area (Å²) in [5.41, 5.74) is 2.77. The van der Waals surface area contributed by atoms with Crippen LogP contribution in [0.15, 0.2) is 42.6 Å². The van der Waals surface area contributed by atoms with Gasteiger partial charge in [0.05, 0.1) is 6.20 Å². The number of rotatable bonds is 6. The average molecular weight is 368 g/mol. The van der Waals surface area contributed by atoms with E-state index < -0.39 is 0 Å². The molecular weight excluding hydrogens is 343 g/mol. The van der Waals surface area contributed by atoms with Gasteiger partial charge in [0, 0.05) is 43.0 Å². The fourth-order valence-corrected chi connectivity index (χ4v) is 3.88. The minimum Gasteiger partial charge on any atom is -0.381 e. The Labute approximate surface area is 158 Å². The Morgan fingerprint density at radius 3 is 2.85 bits per heavy atom. The van der Waals surface area contributed by atoms with Crippen molar-refractivity contribution in [2.45, 2.75) is 38.0 Å². The largest absolute Gasteiger partial charge is 0.381 e. The molecule has 0 unspecified atom stereocenters. The van der Waals surface area contributed by atoms with Crippen LogP contribution in [-0.2, 0) is 16.6 Å². The van der Waals surface area contributed by atoms with Crippen molar-refractivity contribution < 1.29 is 9.13 Å². The van der Waals surface area contributed by atoms with E-state index in [0.29, 0.717) is 19.8 Å². The van der Waals surface area contributed by atoms with Crippen LogP contribution in [0.4, 0.5) is 10.2 Å². The van der Waals surface area contributed by atoms with Crippen molar-refractivity contribution in [2.24, 2.45) is 0 Å². The maximum Gasteiger partial charge on any atom is 0.157 e. The molecule has 1 N–H and O–H groups in total. The SMILES string of the molecule is CCCc1cc(NCC2(c3cccc(F)c3)CCOCC2)n2nccc2n1. The summed E-state index contributed by atoms with van der Waals surface area (Å²) in [6.07, 6.45) is 5.46. The van der Waals surface area contributed by atoms with Crippen LogP contribution in [0.3, 0.4) is 0 Å². The molecule has 3 aromatic rings. The molecule has 142 valence electrons. The van der Waals surface area contributed by atoms with Gasteiger partial charge in [0.15, 0.2) is 5.65 Å². The molecule has 0 saturated carbocycles. The Balaban J connectivity index is 1.65. The van der Waals surface area contributed by atoms with Crippen molar-refractivity contribution >= 4 is 11.5 Å². The molecule has 1 saturated heterocycles. The van der Waals surface area contributed by atoms with E-state index in [4.69, 9.17) is 4.74 Å². The smallest absolute Gasteiger partial charge is 0.157 e. The van der Waals surface area contributed by atoms with Crippen molar-refractivity contribution in [1.82, 2.24) is 14.6 Å². The van der Waals surface area contributed by atoms with E-state index in [-0.39, 0.29) is 11.2 Å². The second-order valence-corrected chi connectivity index (χ2v) is 7.24. The Morgan fingerprint density at radius 2 is 2.07 bits per heavy atom. The fourth-order valence-electron chi connectivity index (χ4n) is 3.88. The minimum absolute atomic E-state index is 0.159. The number of halogens is 1. The summed E-state index contributed by atoms with van der Waals surface area (Å²) in [6.45, 7) is 4.22. The molecule has 0 amide bonds. The van der Waals surface area contributed by atoms with Gasteiger partial charge in [0.1, 0.15) is 11.6 Å². The molecule has 3 heterocycles. The van der Waals surface area contributed by atoms with Crippen molar-refractivity contribution in [3.63, 3.8) is 0 Å². The Hall–Kier alpha value is -2.47. The van der Waals surface area contributed by atoms with E-state index in [1.807, 2.05) is 16.6 Å². The molecular formula is C21H25FN4O. The lowest BCUT2D eigenvalue weighted by Gasteiger charge is -2.38. The number of nitrogens with zero attached hydrogens (tertiary/aromatic N) is 3. The monoisotopic (exact) mass is 368 g/mol. The van der Waals surface area contributed by atoms with E-state index in [1.165, 1.54) is 6.07 Å². The maximum absolute atomic E-state index is 13.9. The van der Waals surface area contributed by atoms with Gasteiger partial charge in [0.2, 0.25) is 0 Å². The molecule has 0 aliphatic carbocycles. The van der Waals surface area contributed by atoms with Crippen molar-refractivity contribution in [3.8, 4) is 0 Å². The predicted molar refractivity (Wildman–Crippen MR) is 104 cm³/mol. The molecule has 0 radical (unpaired) electrons. The zero-order valence-corrected chi connectivity index (χ0v) is 15.6. The third kappa shape index (κ3) is 3.67. The number of ether oxygens (including phenoxy) is 1. The molecule has 1 fully saturated rings. The summed E-state index contributed by atoms with van der Waals surface area (Å²) in [5.74, 6) is 0.734. The number of nitrogens with one attached hydrogen (secondary N) is 1. The lowest BCUT2D eigenvalue weighted by molar-refractivity contribution is 0.0542. The first-order valence-electron chi connectivity index (χ1n) is 9.61. The highest BCUT2D eigenvalue weighted by molar-refractivity contribution is 5.49. The van der Waals surface area contributed by atoms with Crippen LogP contribution in [0, 0.1) is 5.82 Å². The lowest BCUT2D eigenvalue weighted by atomic mass is 9.74. The summed E-state index contributed by atoms with van der Waals surface area (Å²) in [5, 5.41) is 7.98.